The highest BCUT2D eigenvalue weighted by Crippen LogP contribution is 2.57. The average molecular weight is 344 g/mol. The Hall–Kier alpha value is -1.68. The van der Waals surface area contributed by atoms with E-state index in [-0.39, 0.29) is 34.6 Å². The summed E-state index contributed by atoms with van der Waals surface area (Å²) < 4.78 is 0. The maximum Gasteiger partial charge on any atom is 0.161 e. The normalized spacial score (nSPS) is 31.8. The van der Waals surface area contributed by atoms with Crippen molar-refractivity contribution >= 4 is 11.6 Å². The number of carbonyl (C=O) groups excluding carboxylic acids is 2. The summed E-state index contributed by atoms with van der Waals surface area (Å²) in [5.74, 6) is 0.875. The van der Waals surface area contributed by atoms with Crippen molar-refractivity contribution in [2.24, 2.45) is 23.2 Å². The summed E-state index contributed by atoms with van der Waals surface area (Å²) in [5.41, 5.74) is 1.98. The van der Waals surface area contributed by atoms with Crippen LogP contribution in [0.4, 0.5) is 0 Å². The highest BCUT2D eigenvalue weighted by atomic mass is 16.3. The van der Waals surface area contributed by atoms with Gasteiger partial charge in [-0.15, -0.1) is 0 Å². The van der Waals surface area contributed by atoms with E-state index in [1.54, 1.807) is 6.07 Å². The number of carbonyl (C=O) groups is 2. The topological polar surface area (TPSA) is 74.6 Å². The van der Waals surface area contributed by atoms with Gasteiger partial charge in [0.25, 0.3) is 0 Å². The van der Waals surface area contributed by atoms with Crippen LogP contribution in [0.5, 0.6) is 5.75 Å². The molecule has 136 valence electrons. The molecule has 0 aliphatic heterocycles. The Morgan fingerprint density at radius 1 is 1.32 bits per heavy atom. The van der Waals surface area contributed by atoms with E-state index in [4.69, 9.17) is 0 Å². The van der Waals surface area contributed by atoms with Gasteiger partial charge in [-0.1, -0.05) is 13.0 Å². The smallest absolute Gasteiger partial charge is 0.161 e. The standard InChI is InChI=1S/C21H28O4/c1-13-3-6-16(23)9-14(13)4-5-15-10-17(24)11-21(2)18(15)7-8-19(21)20(25)12-22/h3,6,9,15,18-19,22-23H,4-5,7-8,10-12H2,1-2H3/t15?,18?,19-,21?/m1/s1. The van der Waals surface area contributed by atoms with E-state index in [0.29, 0.717) is 18.8 Å². The number of aliphatic hydroxyl groups excluding tert-OH is 1. The van der Waals surface area contributed by atoms with E-state index >= 15 is 0 Å². The van der Waals surface area contributed by atoms with E-state index < -0.39 is 6.61 Å². The number of phenolic OH excluding ortho intramolecular Hbond substituents is 1. The van der Waals surface area contributed by atoms with Crippen LogP contribution in [0.15, 0.2) is 18.2 Å². The van der Waals surface area contributed by atoms with Gasteiger partial charge in [0.1, 0.15) is 18.1 Å². The predicted octanol–water partition coefficient (Wildman–Crippen LogP) is 3.21. The summed E-state index contributed by atoms with van der Waals surface area (Å²) in [6, 6.07) is 5.43. The summed E-state index contributed by atoms with van der Waals surface area (Å²) in [7, 11) is 0. The molecule has 2 N–H and O–H groups in total. The molecule has 2 saturated carbocycles. The van der Waals surface area contributed by atoms with Crippen LogP contribution in [0, 0.1) is 30.1 Å². The Morgan fingerprint density at radius 2 is 2.08 bits per heavy atom. The van der Waals surface area contributed by atoms with Crippen LogP contribution < -0.4 is 0 Å². The van der Waals surface area contributed by atoms with Crippen molar-refractivity contribution in [2.45, 2.75) is 52.4 Å². The first-order chi connectivity index (χ1) is 11.8. The van der Waals surface area contributed by atoms with Gasteiger partial charge in [-0.05, 0) is 73.1 Å². The number of fused-ring (bicyclic) bond motifs is 1. The molecule has 2 aliphatic rings. The van der Waals surface area contributed by atoms with Gasteiger partial charge in [-0.3, -0.25) is 9.59 Å². The number of rotatable bonds is 5. The fourth-order valence-electron chi connectivity index (χ4n) is 5.43. The molecule has 0 bridgehead atoms. The second kappa shape index (κ2) is 6.91. The van der Waals surface area contributed by atoms with Crippen LogP contribution in [0.2, 0.25) is 0 Å². The largest absolute Gasteiger partial charge is 0.508 e. The molecule has 3 rings (SSSR count). The highest BCUT2D eigenvalue weighted by molar-refractivity contribution is 5.86. The molecule has 1 aromatic rings. The maximum absolute atomic E-state index is 12.4. The molecule has 4 heteroatoms. The Kier molecular flexibility index (Phi) is 5.01. The van der Waals surface area contributed by atoms with Gasteiger partial charge in [0, 0.05) is 18.8 Å². The fourth-order valence-corrected chi connectivity index (χ4v) is 5.43. The molecule has 0 radical (unpaired) electrons. The van der Waals surface area contributed by atoms with Gasteiger partial charge < -0.3 is 10.2 Å². The lowest BCUT2D eigenvalue weighted by Crippen LogP contribution is -2.43. The number of phenols is 1. The van der Waals surface area contributed by atoms with E-state index in [2.05, 4.69) is 6.92 Å². The number of benzene rings is 1. The van der Waals surface area contributed by atoms with E-state index in [9.17, 15) is 19.8 Å². The van der Waals surface area contributed by atoms with Gasteiger partial charge in [-0.25, -0.2) is 0 Å². The van der Waals surface area contributed by atoms with Gasteiger partial charge >= 0.3 is 0 Å². The molecule has 1 aromatic carbocycles. The predicted molar refractivity (Wildman–Crippen MR) is 95.3 cm³/mol. The number of aromatic hydroxyl groups is 1. The molecule has 0 amide bonds. The second-order valence-electron chi connectivity index (χ2n) is 8.20. The van der Waals surface area contributed by atoms with E-state index in [1.807, 2.05) is 19.1 Å². The lowest BCUT2D eigenvalue weighted by Gasteiger charge is -2.44. The van der Waals surface area contributed by atoms with Crippen molar-refractivity contribution in [2.75, 3.05) is 6.61 Å². The maximum atomic E-state index is 12.4. The molecule has 25 heavy (non-hydrogen) atoms. The molecule has 3 unspecified atom stereocenters. The molecular weight excluding hydrogens is 316 g/mol. The van der Waals surface area contributed by atoms with Crippen molar-refractivity contribution < 1.29 is 19.8 Å². The number of aryl methyl sites for hydroxylation is 2. The Bertz CT molecular complexity index is 680. The van der Waals surface area contributed by atoms with Crippen molar-refractivity contribution in [1.29, 1.82) is 0 Å². The van der Waals surface area contributed by atoms with Crippen molar-refractivity contribution in [1.82, 2.24) is 0 Å². The molecule has 4 atom stereocenters. The Morgan fingerprint density at radius 3 is 2.80 bits per heavy atom. The van der Waals surface area contributed by atoms with Crippen molar-refractivity contribution in [3.05, 3.63) is 29.3 Å². The van der Waals surface area contributed by atoms with Crippen molar-refractivity contribution in [3.8, 4) is 5.75 Å². The van der Waals surface area contributed by atoms with Crippen LogP contribution in [0.3, 0.4) is 0 Å². The molecule has 0 heterocycles. The number of hydrogen-bond donors (Lipinski definition) is 2. The Labute approximate surface area is 149 Å². The third-order valence-corrected chi connectivity index (χ3v) is 6.71. The summed E-state index contributed by atoms with van der Waals surface area (Å²) in [4.78, 5) is 24.6. The van der Waals surface area contributed by atoms with Gasteiger partial charge in [0.05, 0.1) is 0 Å². The number of ketones is 2. The van der Waals surface area contributed by atoms with Crippen LogP contribution >= 0.6 is 0 Å². The highest BCUT2D eigenvalue weighted by Gasteiger charge is 2.55. The third kappa shape index (κ3) is 3.37. The first-order valence-corrected chi connectivity index (χ1v) is 9.29. The zero-order chi connectivity index (χ0) is 18.2. The molecule has 2 aliphatic carbocycles. The van der Waals surface area contributed by atoms with E-state index in [1.165, 1.54) is 0 Å². The van der Waals surface area contributed by atoms with Gasteiger partial charge in [-0.2, -0.15) is 0 Å². The summed E-state index contributed by atoms with van der Waals surface area (Å²) >= 11 is 0. The summed E-state index contributed by atoms with van der Waals surface area (Å²) in [5, 5.41) is 19.0. The van der Waals surface area contributed by atoms with Gasteiger partial charge in [0.15, 0.2) is 5.78 Å². The minimum atomic E-state index is -0.422. The molecule has 4 nitrogen and oxygen atoms in total. The first kappa shape index (κ1) is 18.1. The summed E-state index contributed by atoms with van der Waals surface area (Å²) in [6.45, 7) is 3.69. The fraction of sp³-hybridized carbons (Fsp3) is 0.619. The minimum Gasteiger partial charge on any atom is -0.508 e. The molecular formula is C21H28O4. The third-order valence-electron chi connectivity index (χ3n) is 6.71. The lowest BCUT2D eigenvalue weighted by atomic mass is 9.59. The zero-order valence-electron chi connectivity index (χ0n) is 15.1. The quantitative estimate of drug-likeness (QED) is 0.860. The van der Waals surface area contributed by atoms with Crippen LogP contribution in [0.1, 0.15) is 50.2 Å². The monoisotopic (exact) mass is 344 g/mol. The van der Waals surface area contributed by atoms with E-state index in [0.717, 1.165) is 36.8 Å². The number of hydrogen-bond acceptors (Lipinski definition) is 4. The number of aliphatic hydroxyl groups is 1. The van der Waals surface area contributed by atoms with Gasteiger partial charge in [0.2, 0.25) is 0 Å². The molecule has 2 fully saturated rings. The van der Waals surface area contributed by atoms with Crippen molar-refractivity contribution in [3.63, 3.8) is 0 Å². The Balaban J connectivity index is 1.77. The lowest BCUT2D eigenvalue weighted by molar-refractivity contribution is -0.135. The summed E-state index contributed by atoms with van der Waals surface area (Å²) in [6.07, 6.45) is 4.55. The van der Waals surface area contributed by atoms with Crippen LogP contribution in [-0.2, 0) is 16.0 Å². The average Bonchev–Trinajstić information content (AvgIpc) is 2.91. The van der Waals surface area contributed by atoms with Crippen LogP contribution in [-0.4, -0.2) is 28.4 Å². The first-order valence-electron chi connectivity index (χ1n) is 9.29. The number of Topliss-reactive ketones (excluding diaryl/α,β-unsaturated/α-hetero) is 2. The molecule has 0 aromatic heterocycles. The zero-order valence-corrected chi connectivity index (χ0v) is 15.1. The molecule has 0 saturated heterocycles. The SMILES string of the molecule is Cc1ccc(O)cc1CCC1CC(=O)CC2(C)C1CC[C@@H]2C(=O)CO. The molecule has 0 spiro atoms. The second-order valence-corrected chi connectivity index (χ2v) is 8.20. The van der Waals surface area contributed by atoms with Crippen LogP contribution in [0.25, 0.3) is 0 Å². The minimum absolute atomic E-state index is 0.109.